The van der Waals surface area contributed by atoms with E-state index in [1.165, 1.54) is 0 Å². The molecular weight excluding hydrogens is 214 g/mol. The van der Waals surface area contributed by atoms with Gasteiger partial charge in [0.2, 0.25) is 0 Å². The van der Waals surface area contributed by atoms with Crippen molar-refractivity contribution >= 4 is 9.84 Å². The zero-order valence-corrected chi connectivity index (χ0v) is 9.67. The Morgan fingerprint density at radius 1 is 1.40 bits per heavy atom. The molecule has 15 heavy (non-hydrogen) atoms. The number of aryl methyl sites for hydroxylation is 1. The number of hydrogen-bond acceptors (Lipinski definition) is 4. The predicted octanol–water partition coefficient (Wildman–Crippen LogP) is 0.736. The molecule has 0 atom stereocenters. The van der Waals surface area contributed by atoms with Gasteiger partial charge in [-0.05, 0) is 30.7 Å². The van der Waals surface area contributed by atoms with Crippen molar-refractivity contribution in [1.29, 1.82) is 0 Å². The molecule has 0 saturated heterocycles. The Bertz CT molecular complexity index is 440. The summed E-state index contributed by atoms with van der Waals surface area (Å²) in [5.41, 5.74) is 5.94. The lowest BCUT2D eigenvalue weighted by Crippen LogP contribution is -2.16. The maximum absolute atomic E-state index is 11.7. The van der Waals surface area contributed by atoms with E-state index < -0.39 is 9.84 Å². The van der Waals surface area contributed by atoms with Gasteiger partial charge in [0.05, 0.1) is 17.8 Å². The van der Waals surface area contributed by atoms with E-state index in [1.807, 2.05) is 0 Å². The number of rotatable bonds is 4. The van der Waals surface area contributed by atoms with E-state index in [1.54, 1.807) is 32.2 Å². The van der Waals surface area contributed by atoms with E-state index in [0.717, 1.165) is 0 Å². The summed E-state index contributed by atoms with van der Waals surface area (Å²) in [6.45, 7) is 1.87. The van der Waals surface area contributed by atoms with Crippen LogP contribution in [0.2, 0.25) is 0 Å². The zero-order chi connectivity index (χ0) is 11.5. The van der Waals surface area contributed by atoms with E-state index >= 15 is 0 Å². The Kier molecular flexibility index (Phi) is 3.71. The van der Waals surface area contributed by atoms with E-state index in [0.29, 0.717) is 16.2 Å². The third kappa shape index (κ3) is 2.70. The van der Waals surface area contributed by atoms with Crippen molar-refractivity contribution in [3.05, 3.63) is 23.8 Å². The average Bonchev–Trinajstić information content (AvgIpc) is 2.17. The first-order valence-corrected chi connectivity index (χ1v) is 6.24. The average molecular weight is 229 g/mol. The topological polar surface area (TPSA) is 69.4 Å². The van der Waals surface area contributed by atoms with Crippen LogP contribution in [0.5, 0.6) is 5.75 Å². The van der Waals surface area contributed by atoms with E-state index in [9.17, 15) is 8.42 Å². The van der Waals surface area contributed by atoms with Crippen LogP contribution < -0.4 is 10.5 Å². The molecule has 0 radical (unpaired) electrons. The molecule has 0 heterocycles. The summed E-state index contributed by atoms with van der Waals surface area (Å²) in [7, 11) is -1.70. The fraction of sp³-hybridized carbons (Fsp3) is 0.400. The lowest BCUT2D eigenvalue weighted by atomic mass is 10.2. The highest BCUT2D eigenvalue weighted by molar-refractivity contribution is 7.91. The molecule has 0 bridgehead atoms. The predicted molar refractivity (Wildman–Crippen MR) is 58.8 cm³/mol. The van der Waals surface area contributed by atoms with E-state index in [-0.39, 0.29) is 12.3 Å². The molecule has 2 N–H and O–H groups in total. The van der Waals surface area contributed by atoms with Gasteiger partial charge in [-0.3, -0.25) is 0 Å². The van der Waals surface area contributed by atoms with Gasteiger partial charge < -0.3 is 10.5 Å². The van der Waals surface area contributed by atoms with Gasteiger partial charge in [0.15, 0.2) is 9.84 Å². The van der Waals surface area contributed by atoms with Gasteiger partial charge in [0.25, 0.3) is 0 Å². The second-order valence-electron chi connectivity index (χ2n) is 3.24. The van der Waals surface area contributed by atoms with E-state index in [2.05, 4.69) is 0 Å². The molecule has 5 heteroatoms. The standard InChI is InChI=1S/C10H15NO3S/c1-8-7-9(14-2)3-4-10(8)15(12,13)6-5-11/h3-4,7H,5-6,11H2,1-2H3. The molecule has 0 saturated carbocycles. The largest absolute Gasteiger partial charge is 0.497 e. The molecule has 0 fully saturated rings. The Morgan fingerprint density at radius 2 is 2.07 bits per heavy atom. The molecule has 0 aliphatic rings. The van der Waals surface area contributed by atoms with Crippen molar-refractivity contribution in [3.8, 4) is 5.75 Å². The molecule has 0 spiro atoms. The van der Waals surface area contributed by atoms with Crippen molar-refractivity contribution in [3.63, 3.8) is 0 Å². The van der Waals surface area contributed by atoms with Crippen molar-refractivity contribution in [1.82, 2.24) is 0 Å². The summed E-state index contributed by atoms with van der Waals surface area (Å²) in [6, 6.07) is 4.89. The SMILES string of the molecule is COc1ccc(S(=O)(=O)CCN)c(C)c1. The van der Waals surface area contributed by atoms with Crippen molar-refractivity contribution in [2.75, 3.05) is 19.4 Å². The van der Waals surface area contributed by atoms with Crippen LogP contribution in [-0.2, 0) is 9.84 Å². The minimum atomic E-state index is -3.25. The number of benzene rings is 1. The summed E-state index contributed by atoms with van der Waals surface area (Å²) in [4.78, 5) is 0.328. The fourth-order valence-electron chi connectivity index (χ4n) is 1.36. The van der Waals surface area contributed by atoms with Crippen LogP contribution in [0, 0.1) is 6.92 Å². The van der Waals surface area contributed by atoms with Crippen molar-refractivity contribution in [2.45, 2.75) is 11.8 Å². The third-order valence-electron chi connectivity index (χ3n) is 2.10. The van der Waals surface area contributed by atoms with Gasteiger partial charge in [-0.2, -0.15) is 0 Å². The Labute approximate surface area is 90.0 Å². The van der Waals surface area contributed by atoms with Gasteiger partial charge in [-0.25, -0.2) is 8.42 Å². The summed E-state index contributed by atoms with van der Waals surface area (Å²) in [6.07, 6.45) is 0. The molecule has 1 aromatic carbocycles. The molecule has 0 aliphatic heterocycles. The van der Waals surface area contributed by atoms with Gasteiger partial charge >= 0.3 is 0 Å². The third-order valence-corrected chi connectivity index (χ3v) is 4.01. The Balaban J connectivity index is 3.16. The lowest BCUT2D eigenvalue weighted by Gasteiger charge is -2.08. The van der Waals surface area contributed by atoms with Crippen LogP contribution in [0.1, 0.15) is 5.56 Å². The number of ether oxygens (including phenoxy) is 1. The van der Waals surface area contributed by atoms with Gasteiger partial charge in [-0.1, -0.05) is 0 Å². The molecular formula is C10H15NO3S. The highest BCUT2D eigenvalue weighted by atomic mass is 32.2. The van der Waals surface area contributed by atoms with Crippen LogP contribution >= 0.6 is 0 Å². The van der Waals surface area contributed by atoms with Crippen LogP contribution in [0.3, 0.4) is 0 Å². The molecule has 0 aromatic heterocycles. The highest BCUT2D eigenvalue weighted by Gasteiger charge is 2.16. The maximum Gasteiger partial charge on any atom is 0.179 e. The fourth-order valence-corrected chi connectivity index (χ4v) is 2.72. The first-order chi connectivity index (χ1) is 7.01. The first kappa shape index (κ1) is 12.0. The molecule has 84 valence electrons. The molecule has 0 aliphatic carbocycles. The monoisotopic (exact) mass is 229 g/mol. The second kappa shape index (κ2) is 4.63. The zero-order valence-electron chi connectivity index (χ0n) is 8.86. The quantitative estimate of drug-likeness (QED) is 0.826. The normalized spacial score (nSPS) is 11.4. The number of hydrogen-bond donors (Lipinski definition) is 1. The minimum absolute atomic E-state index is 0.0276. The maximum atomic E-state index is 11.7. The van der Waals surface area contributed by atoms with Crippen molar-refractivity contribution < 1.29 is 13.2 Å². The second-order valence-corrected chi connectivity index (χ2v) is 5.32. The molecule has 1 aromatic rings. The van der Waals surface area contributed by atoms with Crippen LogP contribution in [0.4, 0.5) is 0 Å². The Morgan fingerprint density at radius 3 is 2.53 bits per heavy atom. The lowest BCUT2D eigenvalue weighted by molar-refractivity contribution is 0.414. The number of methoxy groups -OCH3 is 1. The summed E-state index contributed by atoms with van der Waals surface area (Å²) >= 11 is 0. The van der Waals surface area contributed by atoms with E-state index in [4.69, 9.17) is 10.5 Å². The minimum Gasteiger partial charge on any atom is -0.497 e. The van der Waals surface area contributed by atoms with Crippen LogP contribution in [0.25, 0.3) is 0 Å². The summed E-state index contributed by atoms with van der Waals surface area (Å²) in [5, 5.41) is 0. The van der Waals surface area contributed by atoms with Gasteiger partial charge in [0, 0.05) is 6.54 Å². The van der Waals surface area contributed by atoms with Gasteiger partial charge in [-0.15, -0.1) is 0 Å². The molecule has 0 amide bonds. The molecule has 1 rings (SSSR count). The summed E-state index contributed by atoms with van der Waals surface area (Å²) < 4.78 is 28.5. The van der Waals surface area contributed by atoms with Crippen molar-refractivity contribution in [2.24, 2.45) is 5.73 Å². The number of sulfone groups is 1. The molecule has 0 unspecified atom stereocenters. The number of nitrogens with two attached hydrogens (primary N) is 1. The Hall–Kier alpha value is -1.07. The van der Waals surface area contributed by atoms with Gasteiger partial charge in [0.1, 0.15) is 5.75 Å². The molecule has 4 nitrogen and oxygen atoms in total. The highest BCUT2D eigenvalue weighted by Crippen LogP contribution is 2.21. The summed E-state index contributed by atoms with van der Waals surface area (Å²) in [5.74, 6) is 0.624. The smallest absolute Gasteiger partial charge is 0.179 e. The first-order valence-electron chi connectivity index (χ1n) is 4.58. The van der Waals surface area contributed by atoms with Crippen LogP contribution in [0.15, 0.2) is 23.1 Å². The van der Waals surface area contributed by atoms with Crippen LogP contribution in [-0.4, -0.2) is 27.8 Å².